The number of anilines is 3. The van der Waals surface area contributed by atoms with Crippen molar-refractivity contribution in [1.29, 1.82) is 0 Å². The van der Waals surface area contributed by atoms with Crippen molar-refractivity contribution in [2.75, 3.05) is 4.90 Å². The van der Waals surface area contributed by atoms with Gasteiger partial charge in [0.2, 0.25) is 0 Å². The Morgan fingerprint density at radius 1 is 0.275 bits per heavy atom. The van der Waals surface area contributed by atoms with Gasteiger partial charge < -0.3 is 9.64 Å². The molecule has 0 atom stereocenters. The van der Waals surface area contributed by atoms with Crippen molar-refractivity contribution in [1.82, 2.24) is 0 Å². The zero-order valence-corrected chi connectivity index (χ0v) is 38.3. The zero-order chi connectivity index (χ0) is 45.4. The summed E-state index contributed by atoms with van der Waals surface area (Å²) in [5.74, 6) is 1.70. The van der Waals surface area contributed by atoms with Gasteiger partial charge in [0.05, 0.1) is 5.69 Å². The molecule has 0 aliphatic carbocycles. The minimum atomic E-state index is 0.842. The zero-order valence-electron chi connectivity index (χ0n) is 37.4. The van der Waals surface area contributed by atoms with E-state index in [2.05, 4.69) is 248 Å². The van der Waals surface area contributed by atoms with Crippen LogP contribution in [0.3, 0.4) is 0 Å². The quantitative estimate of drug-likeness (QED) is 0.175. The molecule has 13 aromatic rings. The van der Waals surface area contributed by atoms with Crippen LogP contribution in [-0.4, -0.2) is 0 Å². The summed E-state index contributed by atoms with van der Waals surface area (Å²) in [5, 5.41) is 14.7. The number of benzene rings is 11. The van der Waals surface area contributed by atoms with Crippen molar-refractivity contribution >= 4 is 102 Å². The van der Waals surface area contributed by atoms with Crippen molar-refractivity contribution in [3.8, 4) is 44.9 Å². The van der Waals surface area contributed by atoms with Gasteiger partial charge in [-0.15, -0.1) is 11.3 Å². The molecule has 0 radical (unpaired) electrons. The van der Waals surface area contributed by atoms with Crippen molar-refractivity contribution in [2.45, 2.75) is 0 Å². The summed E-state index contributed by atoms with van der Waals surface area (Å²) >= 11 is 1.87. The smallest absolute Gasteiger partial charge is 0.135 e. The first kappa shape index (κ1) is 39.4. The molecule has 0 saturated carbocycles. The van der Waals surface area contributed by atoms with Crippen LogP contribution in [0.5, 0.6) is 11.5 Å². The number of fused-ring (bicyclic) bond motifs is 19. The molecule has 2 heterocycles. The first-order valence-corrected chi connectivity index (χ1v) is 24.4. The minimum absolute atomic E-state index is 0.842. The number of hydrogen-bond donors (Lipinski definition) is 0. The molecule has 0 N–H and O–H groups in total. The van der Waals surface area contributed by atoms with E-state index in [-0.39, 0.29) is 0 Å². The number of thiophene rings is 1. The second-order valence-electron chi connectivity index (χ2n) is 17.9. The molecular formula is C66H41NOS. The normalized spacial score (nSPS) is 11.9. The van der Waals surface area contributed by atoms with E-state index in [0.717, 1.165) is 61.9 Å². The van der Waals surface area contributed by atoms with Gasteiger partial charge in [0.15, 0.2) is 0 Å². The van der Waals surface area contributed by atoms with Crippen LogP contribution >= 0.6 is 11.3 Å². The van der Waals surface area contributed by atoms with Crippen LogP contribution in [-0.2, 0) is 0 Å². The van der Waals surface area contributed by atoms with Gasteiger partial charge in [-0.3, -0.25) is 0 Å². The lowest BCUT2D eigenvalue weighted by atomic mass is 9.92. The summed E-state index contributed by atoms with van der Waals surface area (Å²) in [6, 6.07) is 91.2. The molecule has 0 fully saturated rings. The second kappa shape index (κ2) is 16.0. The van der Waals surface area contributed by atoms with Crippen molar-refractivity contribution in [3.63, 3.8) is 0 Å². The van der Waals surface area contributed by atoms with Gasteiger partial charge in [0.25, 0.3) is 0 Å². The predicted octanol–water partition coefficient (Wildman–Crippen LogP) is 19.5. The molecule has 1 aliphatic rings. The van der Waals surface area contributed by atoms with E-state index in [1.807, 2.05) is 17.4 Å². The number of ether oxygens (including phenoxy) is 1. The van der Waals surface area contributed by atoms with E-state index in [1.165, 1.54) is 74.0 Å². The maximum atomic E-state index is 6.68. The summed E-state index contributed by atoms with van der Waals surface area (Å²) in [6.07, 6.45) is 0. The van der Waals surface area contributed by atoms with E-state index >= 15 is 0 Å². The van der Waals surface area contributed by atoms with Crippen LogP contribution in [0, 0.1) is 0 Å². The average molecular weight is 896 g/mol. The molecule has 12 aromatic carbocycles. The largest absolute Gasteiger partial charge is 0.456 e. The van der Waals surface area contributed by atoms with Gasteiger partial charge in [0.1, 0.15) is 11.5 Å². The topological polar surface area (TPSA) is 12.5 Å². The maximum Gasteiger partial charge on any atom is 0.135 e. The Hall–Kier alpha value is -8.76. The van der Waals surface area contributed by atoms with Crippen LogP contribution < -0.4 is 9.64 Å². The molecule has 69 heavy (non-hydrogen) atoms. The first-order chi connectivity index (χ1) is 34.2. The van der Waals surface area contributed by atoms with E-state index in [0.29, 0.717) is 0 Å². The summed E-state index contributed by atoms with van der Waals surface area (Å²) < 4.78 is 9.25. The monoisotopic (exact) mass is 895 g/mol. The molecule has 0 saturated heterocycles. The molecule has 0 unspecified atom stereocenters. The van der Waals surface area contributed by atoms with Crippen LogP contribution in [0.2, 0.25) is 0 Å². The molecule has 0 amide bonds. The average Bonchev–Trinajstić information content (AvgIpc) is 3.73. The van der Waals surface area contributed by atoms with Gasteiger partial charge in [-0.1, -0.05) is 194 Å². The number of nitrogens with zero attached hydrogens (tertiary/aromatic N) is 1. The first-order valence-electron chi connectivity index (χ1n) is 23.6. The standard InChI is InChI=1S/C66H41NOS/c1-2-18-42(19-3-1)45-20-10-14-30-60(45)67(43-35-37-52-53-26-11-15-31-61(53)68-62-32-16-12-27-54(62)58(52)40-43)44-34-36-51-49-24-7-5-22-47(49)46-21-4-6-23-48(46)50-25-8-9-28-55(50)65-56(59(51)41-44)38-39-64-66(65)57-29-13-17-33-63(57)69-64/h1-41H. The summed E-state index contributed by atoms with van der Waals surface area (Å²) in [4.78, 5) is 2.47. The Balaban J connectivity index is 1.16. The molecule has 2 nitrogen and oxygen atoms in total. The highest BCUT2D eigenvalue weighted by molar-refractivity contribution is 7.26. The third-order valence-electron chi connectivity index (χ3n) is 14.1. The lowest BCUT2D eigenvalue weighted by Gasteiger charge is -2.29. The Bertz CT molecular complexity index is 4300. The Kier molecular flexibility index (Phi) is 9.11. The fourth-order valence-corrected chi connectivity index (χ4v) is 12.2. The van der Waals surface area contributed by atoms with Crippen molar-refractivity contribution in [2.24, 2.45) is 0 Å². The molecule has 322 valence electrons. The molecule has 14 rings (SSSR count). The SMILES string of the molecule is c1ccc(-c2ccccc2N(c2ccc3c(c2)-c2ccccc2Oc2ccccc2-3)c2ccc3c4ccccc4c4ccccc4c4ccccc4c4c(ccc5sc6ccccc6c54)c3c2)cc1. The lowest BCUT2D eigenvalue weighted by Crippen LogP contribution is -2.11. The Morgan fingerprint density at radius 2 is 0.754 bits per heavy atom. The van der Waals surface area contributed by atoms with Crippen molar-refractivity contribution < 1.29 is 4.74 Å². The van der Waals surface area contributed by atoms with E-state index in [1.54, 1.807) is 0 Å². The molecule has 1 aliphatic heterocycles. The molecule has 3 heteroatoms. The summed E-state index contributed by atoms with van der Waals surface area (Å²) in [7, 11) is 0. The third-order valence-corrected chi connectivity index (χ3v) is 15.2. The number of rotatable bonds is 4. The number of para-hydroxylation sites is 3. The highest BCUT2D eigenvalue weighted by Crippen LogP contribution is 2.51. The van der Waals surface area contributed by atoms with Gasteiger partial charge in [-0.25, -0.2) is 0 Å². The highest BCUT2D eigenvalue weighted by Gasteiger charge is 2.25. The van der Waals surface area contributed by atoms with Crippen LogP contribution in [0.1, 0.15) is 0 Å². The molecule has 1 aromatic heterocycles. The molecule has 0 spiro atoms. The van der Waals surface area contributed by atoms with Crippen molar-refractivity contribution in [3.05, 3.63) is 249 Å². The van der Waals surface area contributed by atoms with E-state index in [9.17, 15) is 0 Å². The molecular weight excluding hydrogens is 855 g/mol. The summed E-state index contributed by atoms with van der Waals surface area (Å²) in [5.41, 5.74) is 9.87. The van der Waals surface area contributed by atoms with Crippen LogP contribution in [0.25, 0.3) is 107 Å². The molecule has 0 bridgehead atoms. The van der Waals surface area contributed by atoms with Crippen LogP contribution in [0.4, 0.5) is 17.1 Å². The lowest BCUT2D eigenvalue weighted by molar-refractivity contribution is 0.488. The van der Waals surface area contributed by atoms with Gasteiger partial charge in [0, 0.05) is 48.2 Å². The second-order valence-corrected chi connectivity index (χ2v) is 19.0. The fourth-order valence-electron chi connectivity index (χ4n) is 11.1. The van der Waals surface area contributed by atoms with Gasteiger partial charge >= 0.3 is 0 Å². The van der Waals surface area contributed by atoms with Gasteiger partial charge in [-0.05, 0) is 125 Å². The Morgan fingerprint density at radius 3 is 1.45 bits per heavy atom. The van der Waals surface area contributed by atoms with Crippen LogP contribution in [0.15, 0.2) is 249 Å². The van der Waals surface area contributed by atoms with E-state index < -0.39 is 0 Å². The fraction of sp³-hybridized carbons (Fsp3) is 0. The van der Waals surface area contributed by atoms with Gasteiger partial charge in [-0.2, -0.15) is 0 Å². The summed E-state index contributed by atoms with van der Waals surface area (Å²) in [6.45, 7) is 0. The minimum Gasteiger partial charge on any atom is -0.456 e. The van der Waals surface area contributed by atoms with E-state index in [4.69, 9.17) is 4.74 Å². The number of hydrogen-bond acceptors (Lipinski definition) is 3. The third kappa shape index (κ3) is 6.32. The maximum absolute atomic E-state index is 6.68. The Labute approximate surface area is 403 Å². The predicted molar refractivity (Wildman–Crippen MR) is 296 cm³/mol. The highest BCUT2D eigenvalue weighted by atomic mass is 32.1.